The molecule has 0 aliphatic carbocycles. The first kappa shape index (κ1) is 15.5. The Morgan fingerprint density at radius 3 is 2.22 bits per heavy atom. The molecule has 102 valence electrons. The first-order valence-electron chi connectivity index (χ1n) is 6.65. The van der Waals surface area contributed by atoms with Crippen molar-refractivity contribution in [3.8, 4) is 0 Å². The first-order chi connectivity index (χ1) is 8.58. The number of rotatable bonds is 7. The third kappa shape index (κ3) is 4.63. The summed E-state index contributed by atoms with van der Waals surface area (Å²) in [5.74, 6) is 1.19. The largest absolute Gasteiger partial charge is 0.330 e. The van der Waals surface area contributed by atoms with Gasteiger partial charge in [-0.25, -0.2) is 0 Å². The van der Waals surface area contributed by atoms with Gasteiger partial charge < -0.3 is 11.1 Å². The number of nitrogens with two attached hydrogens (primary N) is 1. The summed E-state index contributed by atoms with van der Waals surface area (Å²) in [6, 6.07) is 9.16. The lowest BCUT2D eigenvalue weighted by molar-refractivity contribution is 0.356. The minimum Gasteiger partial charge on any atom is -0.330 e. The summed E-state index contributed by atoms with van der Waals surface area (Å²) < 4.78 is 0. The van der Waals surface area contributed by atoms with Crippen LogP contribution in [0.5, 0.6) is 0 Å². The molecular formula is C15H26N2S. The summed E-state index contributed by atoms with van der Waals surface area (Å²) in [4.78, 5) is 1.31. The summed E-state index contributed by atoms with van der Waals surface area (Å²) in [6.07, 6.45) is 2.10. The molecule has 0 fully saturated rings. The molecule has 3 heteroatoms. The second-order valence-electron chi connectivity index (χ2n) is 5.14. The van der Waals surface area contributed by atoms with Crippen molar-refractivity contribution < 1.29 is 0 Å². The van der Waals surface area contributed by atoms with Crippen molar-refractivity contribution in [3.05, 3.63) is 29.8 Å². The predicted octanol–water partition coefficient (Wildman–Crippen LogP) is 3.29. The van der Waals surface area contributed by atoms with Crippen LogP contribution in [0.1, 0.15) is 32.4 Å². The van der Waals surface area contributed by atoms with Gasteiger partial charge in [0.2, 0.25) is 0 Å². The normalized spacial score (nSPS) is 14.8. The van der Waals surface area contributed by atoms with Gasteiger partial charge in [-0.15, -0.1) is 11.8 Å². The molecule has 0 aliphatic heterocycles. The molecule has 0 saturated heterocycles. The van der Waals surface area contributed by atoms with Gasteiger partial charge in [0.25, 0.3) is 0 Å². The van der Waals surface area contributed by atoms with Gasteiger partial charge in [-0.1, -0.05) is 26.0 Å². The molecule has 0 radical (unpaired) electrons. The van der Waals surface area contributed by atoms with Gasteiger partial charge in [-0.2, -0.15) is 0 Å². The number of hydrogen-bond acceptors (Lipinski definition) is 3. The molecule has 2 atom stereocenters. The maximum atomic E-state index is 5.79. The zero-order valence-electron chi connectivity index (χ0n) is 11.9. The molecule has 0 saturated carbocycles. The average Bonchev–Trinajstić information content (AvgIpc) is 2.39. The van der Waals surface area contributed by atoms with E-state index in [9.17, 15) is 0 Å². The Labute approximate surface area is 116 Å². The Kier molecular flexibility index (Phi) is 6.76. The van der Waals surface area contributed by atoms with E-state index >= 15 is 0 Å². The fraction of sp³-hybridized carbons (Fsp3) is 0.600. The quantitative estimate of drug-likeness (QED) is 0.744. The average molecular weight is 266 g/mol. The van der Waals surface area contributed by atoms with E-state index in [1.54, 1.807) is 11.8 Å². The zero-order valence-corrected chi connectivity index (χ0v) is 12.8. The van der Waals surface area contributed by atoms with Crippen LogP contribution < -0.4 is 11.1 Å². The van der Waals surface area contributed by atoms with Gasteiger partial charge in [0.1, 0.15) is 0 Å². The van der Waals surface area contributed by atoms with Crippen LogP contribution in [0.15, 0.2) is 29.2 Å². The maximum absolute atomic E-state index is 5.79. The van der Waals surface area contributed by atoms with Gasteiger partial charge >= 0.3 is 0 Å². The Morgan fingerprint density at radius 2 is 1.78 bits per heavy atom. The van der Waals surface area contributed by atoms with Crippen molar-refractivity contribution in [3.63, 3.8) is 0 Å². The molecule has 18 heavy (non-hydrogen) atoms. The molecule has 1 aromatic rings. The standard InChI is InChI=1S/C15H26N2S/c1-11(2)14(9-16)10-17-12(3)13-5-7-15(18-4)8-6-13/h5-8,11-12,14,17H,9-10,16H2,1-4H3. The van der Waals surface area contributed by atoms with Crippen LogP contribution in [0.3, 0.4) is 0 Å². The number of thioether (sulfide) groups is 1. The third-order valence-electron chi connectivity index (χ3n) is 3.55. The zero-order chi connectivity index (χ0) is 13.5. The summed E-state index contributed by atoms with van der Waals surface area (Å²) in [5.41, 5.74) is 7.13. The fourth-order valence-electron chi connectivity index (χ4n) is 1.93. The van der Waals surface area contributed by atoms with Gasteiger partial charge in [0, 0.05) is 10.9 Å². The van der Waals surface area contributed by atoms with Gasteiger partial charge in [-0.3, -0.25) is 0 Å². The number of hydrogen-bond donors (Lipinski definition) is 2. The Hall–Kier alpha value is -0.510. The summed E-state index contributed by atoms with van der Waals surface area (Å²) >= 11 is 1.78. The van der Waals surface area contributed by atoms with Crippen LogP contribution in [0.25, 0.3) is 0 Å². The molecular weight excluding hydrogens is 240 g/mol. The van der Waals surface area contributed by atoms with Crippen LogP contribution >= 0.6 is 11.8 Å². The molecule has 0 bridgehead atoms. The second kappa shape index (κ2) is 7.82. The molecule has 3 N–H and O–H groups in total. The summed E-state index contributed by atoms with van der Waals surface area (Å²) in [6.45, 7) is 8.42. The molecule has 0 aliphatic rings. The predicted molar refractivity (Wildman–Crippen MR) is 82.0 cm³/mol. The van der Waals surface area contributed by atoms with E-state index in [0.717, 1.165) is 13.1 Å². The summed E-state index contributed by atoms with van der Waals surface area (Å²) in [5, 5.41) is 3.58. The Morgan fingerprint density at radius 1 is 1.17 bits per heavy atom. The van der Waals surface area contributed by atoms with E-state index in [1.165, 1.54) is 10.5 Å². The highest BCUT2D eigenvalue weighted by atomic mass is 32.2. The van der Waals surface area contributed by atoms with Gasteiger partial charge in [0.15, 0.2) is 0 Å². The lowest BCUT2D eigenvalue weighted by atomic mass is 9.95. The van der Waals surface area contributed by atoms with Crippen molar-refractivity contribution >= 4 is 11.8 Å². The van der Waals surface area contributed by atoms with E-state index in [2.05, 4.69) is 56.6 Å². The molecule has 0 amide bonds. The summed E-state index contributed by atoms with van der Waals surface area (Å²) in [7, 11) is 0. The molecule has 2 nitrogen and oxygen atoms in total. The van der Waals surface area contributed by atoms with Crippen molar-refractivity contribution in [2.24, 2.45) is 17.6 Å². The maximum Gasteiger partial charge on any atom is 0.0291 e. The SMILES string of the molecule is CSc1ccc(C(C)NCC(CN)C(C)C)cc1. The van der Waals surface area contributed by atoms with E-state index in [-0.39, 0.29) is 0 Å². The molecule has 1 aromatic carbocycles. The second-order valence-corrected chi connectivity index (χ2v) is 6.02. The van der Waals surface area contributed by atoms with E-state index in [0.29, 0.717) is 17.9 Å². The van der Waals surface area contributed by atoms with Crippen LogP contribution in [0.2, 0.25) is 0 Å². The van der Waals surface area contributed by atoms with Crippen molar-refractivity contribution in [2.45, 2.75) is 31.7 Å². The number of nitrogens with one attached hydrogen (secondary N) is 1. The van der Waals surface area contributed by atoms with E-state index in [1.807, 2.05) is 0 Å². The highest BCUT2D eigenvalue weighted by molar-refractivity contribution is 7.98. The number of benzene rings is 1. The van der Waals surface area contributed by atoms with Crippen LogP contribution in [-0.2, 0) is 0 Å². The first-order valence-corrected chi connectivity index (χ1v) is 7.88. The minimum absolute atomic E-state index is 0.383. The molecule has 0 aromatic heterocycles. The topological polar surface area (TPSA) is 38.0 Å². The lowest BCUT2D eigenvalue weighted by Crippen LogP contribution is -2.33. The van der Waals surface area contributed by atoms with E-state index < -0.39 is 0 Å². The fourth-order valence-corrected chi connectivity index (χ4v) is 2.34. The van der Waals surface area contributed by atoms with Crippen LogP contribution in [-0.4, -0.2) is 19.3 Å². The molecule has 2 unspecified atom stereocenters. The Balaban J connectivity index is 2.51. The van der Waals surface area contributed by atoms with Crippen LogP contribution in [0, 0.1) is 11.8 Å². The molecule has 1 rings (SSSR count). The molecule has 0 spiro atoms. The highest BCUT2D eigenvalue weighted by Crippen LogP contribution is 2.19. The minimum atomic E-state index is 0.383. The third-order valence-corrected chi connectivity index (χ3v) is 4.29. The van der Waals surface area contributed by atoms with Gasteiger partial charge in [-0.05, 0) is 55.8 Å². The van der Waals surface area contributed by atoms with Crippen LogP contribution in [0.4, 0.5) is 0 Å². The Bertz CT molecular complexity index is 335. The smallest absolute Gasteiger partial charge is 0.0291 e. The highest BCUT2D eigenvalue weighted by Gasteiger charge is 2.13. The van der Waals surface area contributed by atoms with E-state index in [4.69, 9.17) is 5.73 Å². The van der Waals surface area contributed by atoms with Crippen molar-refractivity contribution in [1.82, 2.24) is 5.32 Å². The van der Waals surface area contributed by atoms with Gasteiger partial charge in [0.05, 0.1) is 0 Å². The lowest BCUT2D eigenvalue weighted by Gasteiger charge is -2.22. The molecule has 0 heterocycles. The van der Waals surface area contributed by atoms with Crippen molar-refractivity contribution in [1.29, 1.82) is 0 Å². The van der Waals surface area contributed by atoms with Crippen molar-refractivity contribution in [2.75, 3.05) is 19.3 Å². The monoisotopic (exact) mass is 266 g/mol.